The van der Waals surface area contributed by atoms with Gasteiger partial charge in [-0.1, -0.05) is 24.3 Å². The third kappa shape index (κ3) is 16.9. The number of carbonyl (C=O) groups excluding carboxylic acids is 7. The number of aromatic nitrogens is 4. The second-order valence-electron chi connectivity index (χ2n) is 31.5. The average Bonchev–Trinajstić information content (AvgIpc) is 1.56. The van der Waals surface area contributed by atoms with Crippen molar-refractivity contribution in [3.05, 3.63) is 242 Å². The van der Waals surface area contributed by atoms with Crippen LogP contribution in [0.3, 0.4) is 0 Å². The number of carbonyl (C=O) groups is 8. The first kappa shape index (κ1) is 82.1. The number of benzene rings is 6. The van der Waals surface area contributed by atoms with E-state index in [9.17, 15) is 69.8 Å². The molecule has 7 N–H and O–H groups in total. The van der Waals surface area contributed by atoms with E-state index in [1.54, 1.807) is 80.2 Å². The molecule has 0 bridgehead atoms. The summed E-state index contributed by atoms with van der Waals surface area (Å²) in [5.41, 5.74) is 19.8. The van der Waals surface area contributed by atoms with Crippen LogP contribution in [-0.4, -0.2) is 103 Å². The molecule has 10 aromatic rings. The molecule has 0 radical (unpaired) electrons. The van der Waals surface area contributed by atoms with Gasteiger partial charge in [-0.05, 0) is 170 Å². The van der Waals surface area contributed by atoms with Crippen LogP contribution < -0.4 is 64.9 Å². The molecule has 12 atom stereocenters. The average molecular weight is 1720 g/mol. The van der Waals surface area contributed by atoms with Crippen molar-refractivity contribution in [2.75, 3.05) is 33.6 Å². The first-order valence-electron chi connectivity index (χ1n) is 40.3. The summed E-state index contributed by atoms with van der Waals surface area (Å²) in [4.78, 5) is 113. The Morgan fingerprint density at radius 1 is 0.476 bits per heavy atom. The molecular formula is C90H72F6N12O18. The zero-order valence-electron chi connectivity index (χ0n) is 66.2. The predicted molar refractivity (Wildman–Crippen MR) is 432 cm³/mol. The summed E-state index contributed by atoms with van der Waals surface area (Å²) in [6.07, 6.45) is 0.923. The molecule has 642 valence electrons. The topological polar surface area (TPSA) is 414 Å². The summed E-state index contributed by atoms with van der Waals surface area (Å²) in [7, 11) is 0. The Hall–Kier alpha value is -14.8. The Morgan fingerprint density at radius 3 is 1.22 bits per heavy atom. The highest BCUT2D eigenvalue weighted by molar-refractivity contribution is 5.96. The fourth-order valence-electron chi connectivity index (χ4n) is 17.2. The van der Waals surface area contributed by atoms with Gasteiger partial charge in [0.25, 0.3) is 0 Å². The van der Waals surface area contributed by atoms with E-state index < -0.39 is 47.2 Å². The Balaban J connectivity index is 0.000000110. The van der Waals surface area contributed by atoms with Gasteiger partial charge in [-0.25, -0.2) is 19.9 Å². The molecule has 4 aromatic heterocycles. The van der Waals surface area contributed by atoms with Crippen molar-refractivity contribution < 1.29 is 112 Å². The van der Waals surface area contributed by atoms with E-state index in [1.807, 2.05) is 54.6 Å². The summed E-state index contributed by atoms with van der Waals surface area (Å²) in [6, 6.07) is 38.6. The van der Waals surface area contributed by atoms with E-state index in [-0.39, 0.29) is 114 Å². The number of esters is 1. The molecule has 1 unspecified atom stereocenters. The number of nitrogens with one attached hydrogen (secondary N) is 4. The van der Waals surface area contributed by atoms with Crippen LogP contribution in [-0.2, 0) is 87.5 Å². The molecule has 0 saturated heterocycles. The lowest BCUT2D eigenvalue weighted by molar-refractivity contribution is -0.145. The van der Waals surface area contributed by atoms with Crippen LogP contribution >= 0.6 is 0 Å². The molecule has 36 heteroatoms. The second kappa shape index (κ2) is 33.1. The van der Waals surface area contributed by atoms with E-state index in [1.165, 1.54) is 18.2 Å². The number of ether oxygens (including phenoxy) is 9. The third-order valence-electron chi connectivity index (χ3n) is 23.4. The highest BCUT2D eigenvalue weighted by atomic mass is 19.4. The highest BCUT2D eigenvalue weighted by Gasteiger charge is 2.65. The van der Waals surface area contributed by atoms with Crippen LogP contribution in [0, 0.1) is 23.7 Å². The maximum atomic E-state index is 13.0. The Bertz CT molecular complexity index is 6230. The smallest absolute Gasteiger partial charge is 0.416 e. The number of alkyl halides is 6. The van der Waals surface area contributed by atoms with Crippen LogP contribution in [0.5, 0.6) is 69.0 Å². The maximum absolute atomic E-state index is 13.0. The number of nitrogens with two attached hydrogens (primary N) is 1. The lowest BCUT2D eigenvalue weighted by atomic mass is 10.0. The number of halogens is 6. The van der Waals surface area contributed by atoms with Crippen molar-refractivity contribution in [3.8, 4) is 69.0 Å². The normalized spacial score (nSPS) is 22.4. The molecule has 6 aromatic carbocycles. The fourth-order valence-corrected chi connectivity index (χ4v) is 17.2. The number of nitrogen functional groups attached to an aromatic ring is 1. The number of carboxylic acid groups (broad SMARTS) is 1. The van der Waals surface area contributed by atoms with Gasteiger partial charge in [0.1, 0.15) is 134 Å². The number of amides is 5. The molecule has 8 aliphatic heterocycles. The molecule has 4 aliphatic carbocycles. The van der Waals surface area contributed by atoms with Gasteiger partial charge in [0.05, 0.1) is 23.7 Å². The number of hydrogen-bond acceptors (Lipinski definition) is 22. The number of ketones is 1. The Kier molecular flexibility index (Phi) is 21.6. The Labute approximate surface area is 710 Å². The van der Waals surface area contributed by atoms with Gasteiger partial charge in [0.2, 0.25) is 29.5 Å². The molecule has 4 saturated carbocycles. The number of Topliss-reactive ketones (excluding diaryl/α,β-unsaturated/α-hetero) is 1. The van der Waals surface area contributed by atoms with Crippen LogP contribution in [0.2, 0.25) is 0 Å². The molecule has 12 heterocycles. The standard InChI is InChI=1S/C27H21F3N2O4.C20H18N2O5.C18H13N5O4.C18H14N2O5.C7H6F3N/c28-27(29,30)15-3-1-2-14(10-15)11-16(33)12-20-24-19-13-17(4-6-21(19)36-25(20)24)35-22-8-9-31-26-18(22)5-7-23(34)32-26;1-2-25-20(24)17-16-12-9-10(3-5-13(12)27-18(16)17)26-14-7-8-21-19-11(14)4-6-15(23)22-19;19-23-22-18(25)15-14-10-7-8(1-3-11(10)27-16(14)15)26-12-5-6-20-17-9(12)2-4-13(24)21-17;21-13-4-2-9-12(5-6-19-17(9)20-13)24-8-1-3-11-10(7-8)14-15(18(22)23)16(14)25-11;8-7(9,10)5-2-1-3-6(11)4-5/h1-4,6,8-10,13,20,24-25H,5,7,11-12H2,(H,31,32,34);3,5,7-9,16-18H,2,4,6H2,1H3,(H,21,22,23);1,3,5-7,14-16H,2,4H2,(H,20,21,24);1,3,5-7,14-16H,2,4H2,(H,22,23)(H,19,20,21);1-4H,11H2/t20-,24-,25+;16-,17?,18-;2*14-,15-,16-;/m0000./s1. The molecule has 126 heavy (non-hydrogen) atoms. The number of anilines is 5. The van der Waals surface area contributed by atoms with Crippen LogP contribution in [0.1, 0.15) is 124 Å². The molecule has 5 amide bonds. The minimum Gasteiger partial charge on any atom is -0.489 e. The summed E-state index contributed by atoms with van der Waals surface area (Å²) < 4.78 is 127. The van der Waals surface area contributed by atoms with Crippen molar-refractivity contribution >= 4 is 76.2 Å². The molecule has 12 aliphatic rings. The summed E-state index contributed by atoms with van der Waals surface area (Å²) in [5.74, 6) is 7.09. The SMILES string of the molecule is CCOC(=O)C1[C@H]2Oc3ccc(Oc4ccnc5c4CCC(=O)N5)cc3[C@@H]12.Nc1cccc(C(F)(F)F)c1.O=C(Cc1cccc(C(F)(F)F)c1)C[C@@H]1[C@H]2Oc3ccc(Oc4ccnc5c4CCC(=O)N5)cc3[C@@H]12.O=C1CCc2c(Oc3ccc4c(c3)[C@@H]3[C@H](O4)[C@H]3C(=O)O)ccnc2N1.[N-]=[N+]=NC(=O)[C@@H]1[C@H]2Oc3ccc(Oc4ccnc5c4CCC(=O)N5)cc3[C@H]21. The molecule has 4 fully saturated rings. The van der Waals surface area contributed by atoms with Crippen LogP contribution in [0.25, 0.3) is 10.4 Å². The van der Waals surface area contributed by atoms with Crippen molar-refractivity contribution in [1.29, 1.82) is 0 Å². The van der Waals surface area contributed by atoms with Crippen LogP contribution in [0.15, 0.2) is 175 Å². The molecule has 30 nitrogen and oxygen atoms in total. The Morgan fingerprint density at radius 2 is 0.841 bits per heavy atom. The van der Waals surface area contributed by atoms with E-state index in [0.29, 0.717) is 139 Å². The fraction of sp³-hybridized carbons (Fsp3) is 0.289. The monoisotopic (exact) mass is 1720 g/mol. The zero-order valence-corrected chi connectivity index (χ0v) is 66.2. The number of pyridine rings is 4. The summed E-state index contributed by atoms with van der Waals surface area (Å²) >= 11 is 0. The van der Waals surface area contributed by atoms with E-state index >= 15 is 0 Å². The van der Waals surface area contributed by atoms with Gasteiger partial charge in [0, 0.05) is 148 Å². The predicted octanol–water partition coefficient (Wildman–Crippen LogP) is 15.9. The number of rotatable bonds is 16. The van der Waals surface area contributed by atoms with Crippen molar-refractivity contribution in [3.63, 3.8) is 0 Å². The van der Waals surface area contributed by atoms with Gasteiger partial charge in [-0.15, -0.1) is 0 Å². The van der Waals surface area contributed by atoms with Crippen LogP contribution in [0.4, 0.5) is 55.3 Å². The van der Waals surface area contributed by atoms with Crippen molar-refractivity contribution in [1.82, 2.24) is 19.9 Å². The molecule has 0 spiro atoms. The van der Waals surface area contributed by atoms with Gasteiger partial charge in [0.15, 0.2) is 0 Å². The van der Waals surface area contributed by atoms with E-state index in [0.717, 1.165) is 86.0 Å². The minimum absolute atomic E-state index is 0.00468. The van der Waals surface area contributed by atoms with E-state index in [4.69, 9.17) is 53.9 Å². The quantitative estimate of drug-likeness (QED) is 0.0131. The highest BCUT2D eigenvalue weighted by Crippen LogP contribution is 2.64. The number of aliphatic carboxylic acids is 1. The van der Waals surface area contributed by atoms with Gasteiger partial charge >= 0.3 is 24.3 Å². The van der Waals surface area contributed by atoms with Gasteiger partial charge in [-0.3, -0.25) is 38.4 Å². The first-order valence-corrected chi connectivity index (χ1v) is 40.3. The number of azide groups is 1. The van der Waals surface area contributed by atoms with E-state index in [2.05, 4.69) is 51.2 Å². The zero-order chi connectivity index (χ0) is 87.7. The summed E-state index contributed by atoms with van der Waals surface area (Å²) in [5, 5.41) is 23.4. The maximum Gasteiger partial charge on any atom is 0.416 e. The molecular weight excluding hydrogens is 1650 g/mol. The van der Waals surface area contributed by atoms with Gasteiger partial charge in [-0.2, -0.15) is 26.3 Å². The van der Waals surface area contributed by atoms with Gasteiger partial charge < -0.3 is 74.7 Å². The first-order chi connectivity index (χ1) is 60.7. The second-order valence-corrected chi connectivity index (χ2v) is 31.5. The van der Waals surface area contributed by atoms with Crippen molar-refractivity contribution in [2.45, 2.75) is 132 Å². The number of carboxylic acids is 1. The molecule has 22 rings (SSSR count). The number of hydrogen-bond donors (Lipinski definition) is 6. The largest absolute Gasteiger partial charge is 0.489 e. The lowest BCUT2D eigenvalue weighted by Gasteiger charge is -2.19. The number of fused-ring (bicyclic) bond motifs is 16. The lowest BCUT2D eigenvalue weighted by Crippen LogP contribution is -2.20. The summed E-state index contributed by atoms with van der Waals surface area (Å²) in [6.45, 7) is 2.17. The minimum atomic E-state index is -4.44. The third-order valence-corrected chi connectivity index (χ3v) is 23.4. The van der Waals surface area contributed by atoms with Crippen molar-refractivity contribution in [2.24, 2.45) is 28.8 Å². The number of nitrogens with zero attached hydrogens (tertiary/aromatic N) is 7.